The zero-order chi connectivity index (χ0) is 14.4. The Bertz CT molecular complexity index is 610. The standard InChI is InChI=1S/C13H15N5OS/c1-2-7-20-11-6-4-3-5-10(11)16-12(19)8-18-9-15-13(14)17-18/h2-6,9H,1,7-8H2,(H2,14,17)(H,16,19). The summed E-state index contributed by atoms with van der Waals surface area (Å²) >= 11 is 1.61. The second-order valence-corrected chi connectivity index (χ2v) is 5.01. The molecule has 1 aromatic carbocycles. The fourth-order valence-electron chi connectivity index (χ4n) is 1.57. The number of hydrogen-bond acceptors (Lipinski definition) is 5. The van der Waals surface area contributed by atoms with Crippen LogP contribution < -0.4 is 11.1 Å². The molecule has 0 spiro atoms. The van der Waals surface area contributed by atoms with Crippen molar-refractivity contribution in [3.05, 3.63) is 43.2 Å². The van der Waals surface area contributed by atoms with Crippen LogP contribution in [0.2, 0.25) is 0 Å². The van der Waals surface area contributed by atoms with Gasteiger partial charge in [-0.05, 0) is 12.1 Å². The Labute approximate surface area is 121 Å². The number of aromatic nitrogens is 3. The maximum absolute atomic E-state index is 11.9. The van der Waals surface area contributed by atoms with E-state index >= 15 is 0 Å². The number of hydrogen-bond donors (Lipinski definition) is 2. The SMILES string of the molecule is C=CCSc1ccccc1NC(=O)Cn1cnc(N)n1. The van der Waals surface area contributed by atoms with E-state index in [0.717, 1.165) is 16.3 Å². The first-order chi connectivity index (χ1) is 9.69. The highest BCUT2D eigenvalue weighted by Gasteiger charge is 2.08. The third-order valence-electron chi connectivity index (χ3n) is 2.38. The smallest absolute Gasteiger partial charge is 0.246 e. The Hall–Kier alpha value is -2.28. The number of nitrogen functional groups attached to an aromatic ring is 1. The van der Waals surface area contributed by atoms with Gasteiger partial charge in [0.15, 0.2) is 0 Å². The molecular formula is C13H15N5OS. The lowest BCUT2D eigenvalue weighted by Gasteiger charge is -2.09. The lowest BCUT2D eigenvalue weighted by atomic mass is 10.3. The molecule has 104 valence electrons. The van der Waals surface area contributed by atoms with Crippen LogP contribution in [0.4, 0.5) is 11.6 Å². The Morgan fingerprint density at radius 1 is 1.50 bits per heavy atom. The number of benzene rings is 1. The van der Waals surface area contributed by atoms with E-state index in [4.69, 9.17) is 5.73 Å². The van der Waals surface area contributed by atoms with Gasteiger partial charge in [0.25, 0.3) is 0 Å². The van der Waals surface area contributed by atoms with Gasteiger partial charge >= 0.3 is 0 Å². The van der Waals surface area contributed by atoms with E-state index in [0.29, 0.717) is 0 Å². The van der Waals surface area contributed by atoms with Gasteiger partial charge in [-0.2, -0.15) is 0 Å². The molecule has 0 aliphatic carbocycles. The molecule has 2 rings (SSSR count). The minimum Gasteiger partial charge on any atom is -0.367 e. The summed E-state index contributed by atoms with van der Waals surface area (Å²) in [5.41, 5.74) is 6.17. The number of rotatable bonds is 6. The first-order valence-corrected chi connectivity index (χ1v) is 6.95. The van der Waals surface area contributed by atoms with Crippen molar-refractivity contribution in [2.75, 3.05) is 16.8 Å². The van der Waals surface area contributed by atoms with Crippen molar-refractivity contribution in [2.45, 2.75) is 11.4 Å². The minimum atomic E-state index is -0.179. The number of carbonyl (C=O) groups excluding carboxylic acids is 1. The molecule has 0 saturated carbocycles. The third kappa shape index (κ3) is 3.86. The van der Waals surface area contributed by atoms with Crippen LogP contribution in [0, 0.1) is 0 Å². The molecule has 6 nitrogen and oxygen atoms in total. The summed E-state index contributed by atoms with van der Waals surface area (Å²) in [5.74, 6) is 0.758. The predicted molar refractivity (Wildman–Crippen MR) is 80.4 cm³/mol. The van der Waals surface area contributed by atoms with Crippen molar-refractivity contribution in [2.24, 2.45) is 0 Å². The van der Waals surface area contributed by atoms with Gasteiger partial charge in [0.1, 0.15) is 12.9 Å². The van der Waals surface area contributed by atoms with Gasteiger partial charge in [0.2, 0.25) is 11.9 Å². The third-order valence-corrected chi connectivity index (χ3v) is 3.45. The molecule has 1 amide bonds. The van der Waals surface area contributed by atoms with Gasteiger partial charge in [0, 0.05) is 10.6 Å². The molecule has 0 aliphatic heterocycles. The highest BCUT2D eigenvalue weighted by atomic mass is 32.2. The Morgan fingerprint density at radius 3 is 3.00 bits per heavy atom. The van der Waals surface area contributed by atoms with E-state index in [2.05, 4.69) is 22.0 Å². The van der Waals surface area contributed by atoms with Gasteiger partial charge in [-0.25, -0.2) is 9.67 Å². The second-order valence-electron chi connectivity index (χ2n) is 3.94. The molecule has 0 atom stereocenters. The van der Waals surface area contributed by atoms with Gasteiger partial charge in [-0.3, -0.25) is 4.79 Å². The summed E-state index contributed by atoms with van der Waals surface area (Å²) < 4.78 is 1.39. The van der Waals surface area contributed by atoms with Gasteiger partial charge in [0.05, 0.1) is 5.69 Å². The lowest BCUT2D eigenvalue weighted by Crippen LogP contribution is -2.19. The maximum Gasteiger partial charge on any atom is 0.246 e. The van der Waals surface area contributed by atoms with Gasteiger partial charge in [-0.15, -0.1) is 23.4 Å². The largest absolute Gasteiger partial charge is 0.367 e. The van der Waals surface area contributed by atoms with Crippen molar-refractivity contribution in [1.82, 2.24) is 14.8 Å². The van der Waals surface area contributed by atoms with Crippen molar-refractivity contribution in [3.8, 4) is 0 Å². The number of para-hydroxylation sites is 1. The molecule has 0 saturated heterocycles. The molecule has 0 radical (unpaired) electrons. The normalized spacial score (nSPS) is 10.2. The van der Waals surface area contributed by atoms with Crippen molar-refractivity contribution < 1.29 is 4.79 Å². The highest BCUT2D eigenvalue weighted by Crippen LogP contribution is 2.26. The van der Waals surface area contributed by atoms with Gasteiger partial charge < -0.3 is 11.1 Å². The molecule has 1 aromatic heterocycles. The fourth-order valence-corrected chi connectivity index (χ4v) is 2.31. The van der Waals surface area contributed by atoms with Crippen LogP contribution in [0.15, 0.2) is 48.1 Å². The second kappa shape index (κ2) is 6.76. The van der Waals surface area contributed by atoms with Crippen molar-refractivity contribution >= 4 is 29.3 Å². The summed E-state index contributed by atoms with van der Waals surface area (Å²) in [6, 6.07) is 7.62. The van der Waals surface area contributed by atoms with Crippen LogP contribution in [0.1, 0.15) is 0 Å². The summed E-state index contributed by atoms with van der Waals surface area (Å²) in [5, 5.41) is 6.72. The number of nitrogens with zero attached hydrogens (tertiary/aromatic N) is 3. The summed E-state index contributed by atoms with van der Waals surface area (Å²) in [6.07, 6.45) is 3.24. The fraction of sp³-hybridized carbons (Fsp3) is 0.154. The van der Waals surface area contributed by atoms with E-state index in [-0.39, 0.29) is 18.4 Å². The number of carbonyl (C=O) groups is 1. The van der Waals surface area contributed by atoms with E-state index in [9.17, 15) is 4.79 Å². The zero-order valence-corrected chi connectivity index (χ0v) is 11.6. The molecule has 2 aromatic rings. The van der Waals surface area contributed by atoms with Crippen LogP contribution in [0.5, 0.6) is 0 Å². The van der Waals surface area contributed by atoms with E-state index in [1.807, 2.05) is 30.3 Å². The zero-order valence-electron chi connectivity index (χ0n) is 10.8. The molecule has 3 N–H and O–H groups in total. The minimum absolute atomic E-state index is 0.0741. The van der Waals surface area contributed by atoms with Gasteiger partial charge in [-0.1, -0.05) is 18.2 Å². The highest BCUT2D eigenvalue weighted by molar-refractivity contribution is 7.99. The van der Waals surface area contributed by atoms with E-state index in [1.54, 1.807) is 11.8 Å². The molecule has 0 fully saturated rings. The Kier molecular flexibility index (Phi) is 4.78. The van der Waals surface area contributed by atoms with E-state index < -0.39 is 0 Å². The molecule has 1 heterocycles. The molecule has 0 unspecified atom stereocenters. The average molecular weight is 289 g/mol. The van der Waals surface area contributed by atoms with Crippen LogP contribution in [0.3, 0.4) is 0 Å². The number of nitrogens with two attached hydrogens (primary N) is 1. The average Bonchev–Trinajstić information content (AvgIpc) is 2.83. The van der Waals surface area contributed by atoms with Crippen molar-refractivity contribution in [3.63, 3.8) is 0 Å². The lowest BCUT2D eigenvalue weighted by molar-refractivity contribution is -0.116. The van der Waals surface area contributed by atoms with Crippen LogP contribution >= 0.6 is 11.8 Å². The molecular weight excluding hydrogens is 274 g/mol. The summed E-state index contributed by atoms with van der Waals surface area (Å²) in [4.78, 5) is 16.7. The molecule has 20 heavy (non-hydrogen) atoms. The molecule has 0 bridgehead atoms. The predicted octanol–water partition coefficient (Wildman–Crippen LogP) is 1.78. The molecule has 0 aliphatic rings. The van der Waals surface area contributed by atoms with Crippen molar-refractivity contribution in [1.29, 1.82) is 0 Å². The number of amides is 1. The number of thioether (sulfide) groups is 1. The first kappa shape index (κ1) is 14.1. The monoisotopic (exact) mass is 289 g/mol. The quantitative estimate of drug-likeness (QED) is 0.625. The van der Waals surface area contributed by atoms with Crippen LogP contribution in [0.25, 0.3) is 0 Å². The maximum atomic E-state index is 11.9. The van der Waals surface area contributed by atoms with E-state index in [1.165, 1.54) is 11.0 Å². The number of anilines is 2. The van der Waals surface area contributed by atoms with Crippen LogP contribution in [-0.4, -0.2) is 26.4 Å². The first-order valence-electron chi connectivity index (χ1n) is 5.96. The Balaban J connectivity index is 2.01. The topological polar surface area (TPSA) is 85.8 Å². The summed E-state index contributed by atoms with van der Waals surface area (Å²) in [6.45, 7) is 3.76. The Morgan fingerprint density at radius 2 is 2.30 bits per heavy atom. The summed E-state index contributed by atoms with van der Waals surface area (Å²) in [7, 11) is 0. The number of nitrogens with one attached hydrogen (secondary N) is 1. The molecule has 7 heteroatoms. The van der Waals surface area contributed by atoms with Crippen LogP contribution in [-0.2, 0) is 11.3 Å².